The van der Waals surface area contributed by atoms with Crippen LogP contribution in [0.3, 0.4) is 0 Å². The molecule has 0 saturated heterocycles. The monoisotopic (exact) mass is 448 g/mol. The van der Waals surface area contributed by atoms with Gasteiger partial charge in [0.05, 0.1) is 6.20 Å². The fourth-order valence-corrected chi connectivity index (χ4v) is 6.15. The minimum Gasteiger partial charge on any atom is -0.383 e. The first-order chi connectivity index (χ1) is 14.1. The number of aromatic nitrogens is 1. The number of benzene rings is 1. The topological polar surface area (TPSA) is 115 Å². The lowest BCUT2D eigenvalue weighted by Gasteiger charge is -2.20. The minimum absolute atomic E-state index is 0.111. The van der Waals surface area contributed by atoms with Crippen LogP contribution in [0.2, 0.25) is 0 Å². The van der Waals surface area contributed by atoms with Crippen LogP contribution in [-0.2, 0) is 28.4 Å². The number of hydrogen-bond donors (Lipinski definition) is 4. The molecule has 2 atom stereocenters. The molecule has 4 N–H and O–H groups in total. The van der Waals surface area contributed by atoms with Crippen molar-refractivity contribution in [3.05, 3.63) is 40.0 Å². The van der Waals surface area contributed by atoms with Crippen molar-refractivity contribution in [1.29, 1.82) is 4.78 Å². The highest BCUT2D eigenvalue weighted by atomic mass is 32.2. The zero-order chi connectivity index (χ0) is 21.7. The lowest BCUT2D eigenvalue weighted by atomic mass is 9.91. The molecule has 1 aromatic carbocycles. The number of anilines is 1. The molecule has 30 heavy (non-hydrogen) atoms. The maximum Gasteiger partial charge on any atom is 0.331 e. The third-order valence-corrected chi connectivity index (χ3v) is 9.10. The lowest BCUT2D eigenvalue weighted by molar-refractivity contribution is 0.0783. The number of carbonyl (C=O) groups is 1. The molecule has 4 rings (SSSR count). The number of hydrogen-bond acceptors (Lipinski definition) is 6. The zero-order valence-electron chi connectivity index (χ0n) is 17.4. The smallest absolute Gasteiger partial charge is 0.331 e. The van der Waals surface area contributed by atoms with Crippen molar-refractivity contribution < 1.29 is 14.1 Å². The third-order valence-electron chi connectivity index (χ3n) is 5.90. The minimum atomic E-state index is -3.59. The van der Waals surface area contributed by atoms with Gasteiger partial charge in [0.15, 0.2) is 9.92 Å². The van der Waals surface area contributed by atoms with Gasteiger partial charge < -0.3 is 10.4 Å². The molecule has 2 aliphatic carbocycles. The Morgan fingerprint density at radius 3 is 2.73 bits per heavy atom. The number of aliphatic hydroxyl groups is 1. The van der Waals surface area contributed by atoms with E-state index in [2.05, 4.69) is 34.1 Å². The maximum absolute atomic E-state index is 12.9. The van der Waals surface area contributed by atoms with E-state index in [0.717, 1.165) is 47.4 Å². The fraction of sp³-hybridized carbons (Fsp3) is 0.524. The molecule has 1 fully saturated rings. The Morgan fingerprint density at radius 2 is 2.10 bits per heavy atom. The van der Waals surface area contributed by atoms with Gasteiger partial charge in [-0.05, 0) is 74.5 Å². The number of rotatable bonds is 6. The predicted molar refractivity (Wildman–Crippen MR) is 118 cm³/mol. The van der Waals surface area contributed by atoms with E-state index < -0.39 is 21.5 Å². The Bertz CT molecular complexity index is 1080. The van der Waals surface area contributed by atoms with E-state index in [-0.39, 0.29) is 4.21 Å². The summed E-state index contributed by atoms with van der Waals surface area (Å²) in [6.07, 6.45) is 6.67. The first-order valence-corrected chi connectivity index (χ1v) is 12.6. The summed E-state index contributed by atoms with van der Waals surface area (Å²) in [4.78, 5) is 16.8. The highest BCUT2D eigenvalue weighted by molar-refractivity contribution is 7.93. The lowest BCUT2D eigenvalue weighted by Crippen LogP contribution is -2.34. The molecule has 9 heteroatoms. The Labute approximate surface area is 181 Å². The third kappa shape index (κ3) is 4.24. The van der Waals surface area contributed by atoms with Crippen molar-refractivity contribution in [1.82, 2.24) is 9.71 Å². The molecule has 0 aliphatic heterocycles. The SMILES string of the molecule is CC(c1ccc2c(c1NC(=O)NS(=N)(=O)c1cnc(C(C)(C)O)s1)CCC2)C1CC1. The van der Waals surface area contributed by atoms with Crippen LogP contribution in [0, 0.1) is 10.7 Å². The largest absolute Gasteiger partial charge is 0.383 e. The average Bonchev–Trinajstić information content (AvgIpc) is 3.16. The van der Waals surface area contributed by atoms with E-state index in [1.54, 1.807) is 13.8 Å². The van der Waals surface area contributed by atoms with E-state index in [4.69, 9.17) is 4.78 Å². The van der Waals surface area contributed by atoms with Gasteiger partial charge in [0, 0.05) is 5.69 Å². The number of nitrogens with one attached hydrogen (secondary N) is 3. The summed E-state index contributed by atoms with van der Waals surface area (Å²) >= 11 is 0.969. The number of amides is 2. The molecule has 7 nitrogen and oxygen atoms in total. The van der Waals surface area contributed by atoms with Crippen LogP contribution in [-0.4, -0.2) is 20.3 Å². The molecule has 2 aliphatic rings. The van der Waals surface area contributed by atoms with E-state index in [1.807, 2.05) is 0 Å². The molecule has 1 saturated carbocycles. The molecular weight excluding hydrogens is 420 g/mol. The number of carbonyl (C=O) groups excluding carboxylic acids is 1. The molecule has 2 amide bonds. The molecule has 2 aromatic rings. The summed E-state index contributed by atoms with van der Waals surface area (Å²) in [5, 5.41) is 13.3. The van der Waals surface area contributed by atoms with Crippen LogP contribution in [0.15, 0.2) is 22.5 Å². The van der Waals surface area contributed by atoms with Crippen molar-refractivity contribution in [3.63, 3.8) is 0 Å². The summed E-state index contributed by atoms with van der Waals surface area (Å²) in [6.45, 7) is 5.33. The second-order valence-electron chi connectivity index (χ2n) is 8.80. The Balaban J connectivity index is 1.57. The van der Waals surface area contributed by atoms with Crippen molar-refractivity contribution >= 4 is 33.0 Å². The van der Waals surface area contributed by atoms with E-state index in [0.29, 0.717) is 16.8 Å². The van der Waals surface area contributed by atoms with Gasteiger partial charge in [0.25, 0.3) is 0 Å². The number of aryl methyl sites for hydroxylation is 1. The van der Waals surface area contributed by atoms with Gasteiger partial charge in [-0.3, -0.25) is 0 Å². The van der Waals surface area contributed by atoms with E-state index >= 15 is 0 Å². The summed E-state index contributed by atoms with van der Waals surface area (Å²) < 4.78 is 23.5. The van der Waals surface area contributed by atoms with Crippen molar-refractivity contribution in [2.24, 2.45) is 5.92 Å². The first-order valence-electron chi connectivity index (χ1n) is 10.3. The van der Waals surface area contributed by atoms with Gasteiger partial charge in [-0.1, -0.05) is 19.1 Å². The fourth-order valence-electron chi connectivity index (χ4n) is 4.06. The first kappa shape index (κ1) is 21.3. The van der Waals surface area contributed by atoms with Crippen LogP contribution in [0.4, 0.5) is 10.5 Å². The van der Waals surface area contributed by atoms with E-state index in [9.17, 15) is 14.1 Å². The molecule has 0 radical (unpaired) electrons. The van der Waals surface area contributed by atoms with E-state index in [1.165, 1.54) is 24.6 Å². The predicted octanol–water partition coefficient (Wildman–Crippen LogP) is 4.52. The average molecular weight is 449 g/mol. The van der Waals surface area contributed by atoms with Gasteiger partial charge >= 0.3 is 6.03 Å². The zero-order valence-corrected chi connectivity index (χ0v) is 19.1. The summed E-state index contributed by atoms with van der Waals surface area (Å²) in [5.74, 6) is 0.994. The van der Waals surface area contributed by atoms with Gasteiger partial charge in [0.2, 0.25) is 0 Å². The number of thiazole rings is 1. The Hall–Kier alpha value is -1.97. The molecule has 1 heterocycles. The molecule has 0 bridgehead atoms. The second-order valence-corrected chi connectivity index (χ2v) is 11.8. The molecular formula is C21H28N4O3S2. The van der Waals surface area contributed by atoms with Crippen LogP contribution < -0.4 is 10.0 Å². The standard InChI is InChI=1S/C21H28N4O3S2/c1-12(13-7-8-13)15-10-9-14-5-4-6-16(14)18(15)24-20(26)25-30(22,28)17-11-23-19(29-17)21(2,3)27/h9-13,27H,4-8H2,1-3H3,(H3,22,24,25,26,28). The van der Waals surface area contributed by atoms with Gasteiger partial charge in [-0.15, -0.1) is 11.3 Å². The summed E-state index contributed by atoms with van der Waals surface area (Å²) in [5.41, 5.74) is 3.15. The van der Waals surface area contributed by atoms with Crippen LogP contribution >= 0.6 is 11.3 Å². The highest BCUT2D eigenvalue weighted by Crippen LogP contribution is 2.46. The number of urea groups is 1. The highest BCUT2D eigenvalue weighted by Gasteiger charge is 2.32. The van der Waals surface area contributed by atoms with Crippen LogP contribution in [0.1, 0.15) is 67.6 Å². The van der Waals surface area contributed by atoms with Crippen LogP contribution in [0.5, 0.6) is 0 Å². The molecule has 0 spiro atoms. The normalized spacial score (nSPS) is 19.1. The summed E-state index contributed by atoms with van der Waals surface area (Å²) in [7, 11) is -3.59. The van der Waals surface area contributed by atoms with Crippen molar-refractivity contribution in [3.8, 4) is 0 Å². The Kier molecular flexibility index (Phi) is 5.40. The van der Waals surface area contributed by atoms with Crippen molar-refractivity contribution in [2.75, 3.05) is 5.32 Å². The van der Waals surface area contributed by atoms with Crippen molar-refractivity contribution in [2.45, 2.75) is 68.6 Å². The Morgan fingerprint density at radius 1 is 1.37 bits per heavy atom. The number of fused-ring (bicyclic) bond motifs is 1. The van der Waals surface area contributed by atoms with Gasteiger partial charge in [-0.25, -0.2) is 23.5 Å². The number of nitrogens with zero attached hydrogens (tertiary/aromatic N) is 1. The van der Waals surface area contributed by atoms with Crippen LogP contribution in [0.25, 0.3) is 0 Å². The maximum atomic E-state index is 12.9. The molecule has 162 valence electrons. The molecule has 1 aromatic heterocycles. The second kappa shape index (κ2) is 7.62. The molecule has 2 unspecified atom stereocenters. The summed E-state index contributed by atoms with van der Waals surface area (Å²) in [6, 6.07) is 3.63. The van der Waals surface area contributed by atoms with Gasteiger partial charge in [-0.2, -0.15) is 0 Å². The quantitative estimate of drug-likeness (QED) is 0.520. The van der Waals surface area contributed by atoms with Gasteiger partial charge in [0.1, 0.15) is 14.8 Å².